The van der Waals surface area contributed by atoms with Gasteiger partial charge in [-0.1, -0.05) is 22.0 Å². The van der Waals surface area contributed by atoms with Crippen molar-refractivity contribution in [1.82, 2.24) is 9.38 Å². The second-order valence-corrected chi connectivity index (χ2v) is 4.71. The Labute approximate surface area is 108 Å². The van der Waals surface area contributed by atoms with Gasteiger partial charge in [-0.05, 0) is 24.3 Å². The van der Waals surface area contributed by atoms with Gasteiger partial charge in [0.1, 0.15) is 5.65 Å². The van der Waals surface area contributed by atoms with Crippen LogP contribution in [0.5, 0.6) is 0 Å². The molecule has 6 heteroatoms. The first-order valence-corrected chi connectivity index (χ1v) is 5.89. The van der Waals surface area contributed by atoms with Crippen LogP contribution in [-0.2, 0) is 6.18 Å². The molecule has 3 rings (SSSR count). The minimum absolute atomic E-state index is 0.0214. The highest BCUT2D eigenvalue weighted by atomic mass is 79.9. The number of nitrogens with zero attached hydrogens (tertiary/aromatic N) is 2. The molecule has 0 aliphatic carbocycles. The van der Waals surface area contributed by atoms with E-state index in [-0.39, 0.29) is 4.47 Å². The summed E-state index contributed by atoms with van der Waals surface area (Å²) in [5.74, 6) is 0. The van der Waals surface area contributed by atoms with Crippen molar-refractivity contribution in [2.24, 2.45) is 0 Å². The highest BCUT2D eigenvalue weighted by Gasteiger charge is 2.33. The standard InChI is InChI=1S/C12H6BrF3N2/c13-8-6-10-9(5-7(8)12(14,15)16)17-11-3-1-2-4-18(10)11/h1-6H. The van der Waals surface area contributed by atoms with Gasteiger partial charge in [0, 0.05) is 10.7 Å². The lowest BCUT2D eigenvalue weighted by atomic mass is 10.2. The molecular formula is C12H6BrF3N2. The second kappa shape index (κ2) is 3.71. The summed E-state index contributed by atoms with van der Waals surface area (Å²) in [5, 5.41) is 0. The first kappa shape index (κ1) is 11.5. The van der Waals surface area contributed by atoms with Gasteiger partial charge < -0.3 is 0 Å². The minimum atomic E-state index is -4.39. The van der Waals surface area contributed by atoms with Gasteiger partial charge in [-0.2, -0.15) is 13.2 Å². The summed E-state index contributed by atoms with van der Waals surface area (Å²) in [5.41, 5.74) is 0.888. The topological polar surface area (TPSA) is 17.3 Å². The van der Waals surface area contributed by atoms with Gasteiger partial charge in [0.05, 0.1) is 16.6 Å². The van der Waals surface area contributed by atoms with Crippen molar-refractivity contribution >= 4 is 32.6 Å². The van der Waals surface area contributed by atoms with Crippen LogP contribution in [0.2, 0.25) is 0 Å². The van der Waals surface area contributed by atoms with Gasteiger partial charge in [0.25, 0.3) is 0 Å². The number of hydrogen-bond donors (Lipinski definition) is 0. The summed E-state index contributed by atoms with van der Waals surface area (Å²) in [6.07, 6.45) is -2.62. The molecule has 0 spiro atoms. The number of alkyl halides is 3. The molecule has 0 aliphatic rings. The number of aromatic nitrogens is 2. The molecule has 2 aromatic heterocycles. The third-order valence-corrected chi connectivity index (χ3v) is 3.36. The van der Waals surface area contributed by atoms with E-state index < -0.39 is 11.7 Å². The van der Waals surface area contributed by atoms with E-state index in [4.69, 9.17) is 0 Å². The van der Waals surface area contributed by atoms with Crippen LogP contribution < -0.4 is 0 Å². The molecule has 92 valence electrons. The molecule has 2 nitrogen and oxygen atoms in total. The van der Waals surface area contributed by atoms with Crippen molar-refractivity contribution in [3.05, 3.63) is 46.6 Å². The Bertz CT molecular complexity index is 746. The van der Waals surface area contributed by atoms with Gasteiger partial charge in [-0.3, -0.25) is 4.40 Å². The van der Waals surface area contributed by atoms with Crippen molar-refractivity contribution in [2.45, 2.75) is 6.18 Å². The minimum Gasteiger partial charge on any atom is -0.300 e. The van der Waals surface area contributed by atoms with E-state index in [1.807, 2.05) is 0 Å². The van der Waals surface area contributed by atoms with E-state index in [1.165, 1.54) is 6.07 Å². The average Bonchev–Trinajstić information content (AvgIpc) is 2.65. The van der Waals surface area contributed by atoms with Crippen LogP contribution >= 0.6 is 15.9 Å². The largest absolute Gasteiger partial charge is 0.417 e. The van der Waals surface area contributed by atoms with Crippen molar-refractivity contribution in [1.29, 1.82) is 0 Å². The summed E-state index contributed by atoms with van der Waals surface area (Å²) in [4.78, 5) is 4.17. The molecule has 0 bridgehead atoms. The molecule has 0 saturated carbocycles. The zero-order valence-corrected chi connectivity index (χ0v) is 10.5. The van der Waals surface area contributed by atoms with Crippen molar-refractivity contribution < 1.29 is 13.2 Å². The molecular weight excluding hydrogens is 309 g/mol. The first-order valence-electron chi connectivity index (χ1n) is 5.10. The quantitative estimate of drug-likeness (QED) is 0.605. The van der Waals surface area contributed by atoms with Crippen LogP contribution in [0.25, 0.3) is 16.7 Å². The number of halogens is 4. The summed E-state index contributed by atoms with van der Waals surface area (Å²) in [6, 6.07) is 7.85. The Morgan fingerprint density at radius 1 is 1.17 bits per heavy atom. The maximum absolute atomic E-state index is 12.8. The van der Waals surface area contributed by atoms with Gasteiger partial charge in [0.15, 0.2) is 0 Å². The van der Waals surface area contributed by atoms with Crippen LogP contribution in [0, 0.1) is 0 Å². The predicted octanol–water partition coefficient (Wildman–Crippen LogP) is 4.27. The van der Waals surface area contributed by atoms with Gasteiger partial charge in [-0.15, -0.1) is 0 Å². The smallest absolute Gasteiger partial charge is 0.300 e. The highest BCUT2D eigenvalue weighted by Crippen LogP contribution is 2.37. The molecule has 0 amide bonds. The highest BCUT2D eigenvalue weighted by molar-refractivity contribution is 9.10. The fraction of sp³-hybridized carbons (Fsp3) is 0.0833. The normalized spacial score (nSPS) is 12.4. The Balaban J connectivity index is 2.40. The molecule has 2 heterocycles. The lowest BCUT2D eigenvalue weighted by Gasteiger charge is -2.08. The monoisotopic (exact) mass is 314 g/mol. The Morgan fingerprint density at radius 3 is 2.67 bits per heavy atom. The van der Waals surface area contributed by atoms with Crippen molar-refractivity contribution in [3.8, 4) is 0 Å². The van der Waals surface area contributed by atoms with Crippen LogP contribution in [0.3, 0.4) is 0 Å². The number of pyridine rings is 1. The van der Waals surface area contributed by atoms with Gasteiger partial charge in [-0.25, -0.2) is 4.98 Å². The Hall–Kier alpha value is -1.56. The van der Waals surface area contributed by atoms with Crippen LogP contribution in [0.15, 0.2) is 41.0 Å². The lowest BCUT2D eigenvalue weighted by molar-refractivity contribution is -0.138. The zero-order chi connectivity index (χ0) is 12.9. The van der Waals surface area contributed by atoms with Crippen LogP contribution in [-0.4, -0.2) is 9.38 Å². The Morgan fingerprint density at radius 2 is 1.94 bits per heavy atom. The first-order chi connectivity index (χ1) is 8.47. The van der Waals surface area contributed by atoms with Crippen LogP contribution in [0.1, 0.15) is 5.56 Å². The number of hydrogen-bond acceptors (Lipinski definition) is 1. The molecule has 0 unspecified atom stereocenters. The number of imidazole rings is 1. The molecule has 0 radical (unpaired) electrons. The molecule has 0 atom stereocenters. The molecule has 3 aromatic rings. The third kappa shape index (κ3) is 1.68. The molecule has 0 saturated heterocycles. The van der Waals surface area contributed by atoms with Crippen molar-refractivity contribution in [2.75, 3.05) is 0 Å². The number of fused-ring (bicyclic) bond motifs is 3. The fourth-order valence-corrected chi connectivity index (χ4v) is 2.46. The zero-order valence-electron chi connectivity index (χ0n) is 8.87. The van der Waals surface area contributed by atoms with E-state index in [0.717, 1.165) is 6.07 Å². The van der Waals surface area contributed by atoms with E-state index in [2.05, 4.69) is 20.9 Å². The summed E-state index contributed by atoms with van der Waals surface area (Å²) < 4.78 is 40.1. The number of rotatable bonds is 0. The van der Waals surface area contributed by atoms with E-state index in [0.29, 0.717) is 16.7 Å². The third-order valence-electron chi connectivity index (χ3n) is 2.70. The van der Waals surface area contributed by atoms with Gasteiger partial charge >= 0.3 is 6.18 Å². The SMILES string of the molecule is FC(F)(F)c1cc2nc3ccccn3c2cc1Br. The summed E-state index contributed by atoms with van der Waals surface area (Å²) >= 11 is 2.96. The molecule has 18 heavy (non-hydrogen) atoms. The van der Waals surface area contributed by atoms with E-state index >= 15 is 0 Å². The van der Waals surface area contributed by atoms with Crippen LogP contribution in [0.4, 0.5) is 13.2 Å². The molecule has 0 N–H and O–H groups in total. The maximum Gasteiger partial charge on any atom is 0.417 e. The maximum atomic E-state index is 12.8. The molecule has 1 aromatic carbocycles. The fourth-order valence-electron chi connectivity index (χ4n) is 1.90. The predicted molar refractivity (Wildman–Crippen MR) is 65.4 cm³/mol. The lowest BCUT2D eigenvalue weighted by Crippen LogP contribution is -2.05. The van der Waals surface area contributed by atoms with E-state index in [1.54, 1.807) is 28.8 Å². The number of benzene rings is 1. The Kier molecular flexibility index (Phi) is 2.38. The van der Waals surface area contributed by atoms with Crippen molar-refractivity contribution in [3.63, 3.8) is 0 Å². The van der Waals surface area contributed by atoms with Gasteiger partial charge in [0.2, 0.25) is 0 Å². The van der Waals surface area contributed by atoms with E-state index in [9.17, 15) is 13.2 Å². The summed E-state index contributed by atoms with van der Waals surface area (Å²) in [6.45, 7) is 0. The summed E-state index contributed by atoms with van der Waals surface area (Å²) in [7, 11) is 0. The molecule has 0 fully saturated rings. The molecule has 0 aliphatic heterocycles. The average molecular weight is 315 g/mol. The second-order valence-electron chi connectivity index (χ2n) is 3.86.